The first-order valence-corrected chi connectivity index (χ1v) is 4.26. The Labute approximate surface area is 64.0 Å². The van der Waals surface area contributed by atoms with Crippen molar-refractivity contribution in [1.82, 2.24) is 5.32 Å². The minimum absolute atomic E-state index is 0.994. The average molecular weight is 181 g/mol. The van der Waals surface area contributed by atoms with Gasteiger partial charge in [-0.05, 0) is 7.05 Å². The standard InChI is InChI=1S/C4H9NO5S/c1-5-3(4(6)7)2-11(8,9)10/h3,5H,2H2,1H3,(H,6,7)(H,8,9,10)/p-2. The van der Waals surface area contributed by atoms with E-state index >= 15 is 0 Å². The number of hydrogen-bond acceptors (Lipinski definition) is 6. The topological polar surface area (TPSA) is 109 Å². The molecule has 0 aliphatic heterocycles. The van der Waals surface area contributed by atoms with Gasteiger partial charge in [0.1, 0.15) is 0 Å². The van der Waals surface area contributed by atoms with Gasteiger partial charge in [-0.3, -0.25) is 0 Å². The summed E-state index contributed by atoms with van der Waals surface area (Å²) < 4.78 is 30.1. The number of rotatable bonds is 4. The Morgan fingerprint density at radius 2 is 2.09 bits per heavy atom. The Balaban J connectivity index is 4.22. The molecule has 11 heavy (non-hydrogen) atoms. The van der Waals surface area contributed by atoms with Crippen LogP contribution in [0.1, 0.15) is 0 Å². The molecule has 0 bridgehead atoms. The molecule has 0 aromatic rings. The first kappa shape index (κ1) is 10.3. The van der Waals surface area contributed by atoms with Gasteiger partial charge in [0.15, 0.2) is 0 Å². The fourth-order valence-electron chi connectivity index (χ4n) is 0.473. The van der Waals surface area contributed by atoms with Gasteiger partial charge in [0, 0.05) is 0 Å². The molecule has 0 saturated heterocycles. The second kappa shape index (κ2) is 3.65. The molecule has 0 aliphatic carbocycles. The van der Waals surface area contributed by atoms with E-state index in [0.29, 0.717) is 0 Å². The van der Waals surface area contributed by atoms with Crippen molar-refractivity contribution in [3.8, 4) is 0 Å². The second-order valence-corrected chi connectivity index (χ2v) is 3.33. The highest BCUT2D eigenvalue weighted by molar-refractivity contribution is 7.85. The lowest BCUT2D eigenvalue weighted by atomic mass is 10.3. The summed E-state index contributed by atoms with van der Waals surface area (Å²) in [5, 5.41) is 12.1. The molecule has 1 N–H and O–H groups in total. The Kier molecular flexibility index (Phi) is 3.43. The number of likely N-dealkylation sites (N-methyl/N-ethyl adjacent to an activating group) is 1. The second-order valence-electron chi connectivity index (χ2n) is 1.88. The molecular weight excluding hydrogens is 174 g/mol. The van der Waals surface area contributed by atoms with Crippen molar-refractivity contribution in [2.75, 3.05) is 12.8 Å². The lowest BCUT2D eigenvalue weighted by molar-refractivity contribution is -0.307. The van der Waals surface area contributed by atoms with Gasteiger partial charge in [-0.25, -0.2) is 8.42 Å². The van der Waals surface area contributed by atoms with Crippen LogP contribution < -0.4 is 10.4 Å². The largest absolute Gasteiger partial charge is 0.748 e. The van der Waals surface area contributed by atoms with Crippen molar-refractivity contribution in [2.45, 2.75) is 6.04 Å². The molecule has 1 atom stereocenters. The summed E-state index contributed by atoms with van der Waals surface area (Å²) in [4.78, 5) is 10.0. The van der Waals surface area contributed by atoms with Crippen molar-refractivity contribution in [1.29, 1.82) is 0 Å². The average Bonchev–Trinajstić information content (AvgIpc) is 1.80. The third-order valence-electron chi connectivity index (χ3n) is 1.00. The molecule has 0 radical (unpaired) electrons. The molecule has 6 nitrogen and oxygen atoms in total. The van der Waals surface area contributed by atoms with Crippen LogP contribution in [0.25, 0.3) is 0 Å². The summed E-state index contributed by atoms with van der Waals surface area (Å²) in [5.74, 6) is -2.60. The Morgan fingerprint density at radius 3 is 2.18 bits per heavy atom. The minimum atomic E-state index is -4.51. The van der Waals surface area contributed by atoms with Gasteiger partial charge in [-0.15, -0.1) is 0 Å². The Morgan fingerprint density at radius 1 is 1.64 bits per heavy atom. The summed E-state index contributed by atoms with van der Waals surface area (Å²) >= 11 is 0. The van der Waals surface area contributed by atoms with E-state index in [2.05, 4.69) is 5.32 Å². The first-order chi connectivity index (χ1) is 4.87. The molecule has 0 rings (SSSR count). The van der Waals surface area contributed by atoms with E-state index in [1.807, 2.05) is 0 Å². The highest BCUT2D eigenvalue weighted by Gasteiger charge is 2.10. The Bertz CT molecular complexity index is 233. The van der Waals surface area contributed by atoms with Gasteiger partial charge in [0.25, 0.3) is 0 Å². The SMILES string of the molecule is CNC(CS(=O)(=O)[O-])C(=O)[O-]. The van der Waals surface area contributed by atoms with Crippen LogP contribution >= 0.6 is 0 Å². The predicted molar refractivity (Wildman–Crippen MR) is 32.4 cm³/mol. The van der Waals surface area contributed by atoms with Gasteiger partial charge >= 0.3 is 0 Å². The first-order valence-electron chi connectivity index (χ1n) is 2.68. The quantitative estimate of drug-likeness (QED) is 0.459. The Hall–Kier alpha value is -0.660. The molecule has 0 aliphatic rings. The molecule has 0 heterocycles. The molecule has 0 aromatic heterocycles. The molecule has 0 amide bonds. The number of carbonyl (C=O) groups excluding carboxylic acids is 1. The van der Waals surface area contributed by atoms with Gasteiger partial charge in [0.2, 0.25) is 0 Å². The van der Waals surface area contributed by atoms with Crippen LogP contribution in [0, 0.1) is 0 Å². The van der Waals surface area contributed by atoms with Crippen LogP contribution in [-0.2, 0) is 14.9 Å². The van der Waals surface area contributed by atoms with Crippen LogP contribution in [0.2, 0.25) is 0 Å². The normalized spacial score (nSPS) is 14.4. The highest BCUT2D eigenvalue weighted by Crippen LogP contribution is 1.87. The van der Waals surface area contributed by atoms with Crippen LogP contribution in [0.15, 0.2) is 0 Å². The number of nitrogens with one attached hydrogen (secondary N) is 1. The molecule has 1 unspecified atom stereocenters. The zero-order chi connectivity index (χ0) is 9.07. The maximum absolute atomic E-state index is 10.0. The molecule has 0 spiro atoms. The van der Waals surface area contributed by atoms with Gasteiger partial charge in [-0.1, -0.05) is 0 Å². The minimum Gasteiger partial charge on any atom is -0.748 e. The van der Waals surface area contributed by atoms with Crippen LogP contribution in [0.3, 0.4) is 0 Å². The van der Waals surface area contributed by atoms with E-state index in [9.17, 15) is 22.9 Å². The monoisotopic (exact) mass is 181 g/mol. The highest BCUT2D eigenvalue weighted by atomic mass is 32.2. The molecule has 66 valence electrons. The van der Waals surface area contributed by atoms with Gasteiger partial charge < -0.3 is 19.8 Å². The summed E-state index contributed by atoms with van der Waals surface area (Å²) in [6, 6.07) is -1.43. The summed E-state index contributed by atoms with van der Waals surface area (Å²) in [6.07, 6.45) is 0. The summed E-state index contributed by atoms with van der Waals surface area (Å²) in [7, 11) is -3.29. The summed E-state index contributed by atoms with van der Waals surface area (Å²) in [6.45, 7) is 0. The van der Waals surface area contributed by atoms with Crippen LogP contribution in [-0.4, -0.2) is 37.8 Å². The number of carboxylic acid groups (broad SMARTS) is 1. The van der Waals surface area contributed by atoms with E-state index in [1.54, 1.807) is 0 Å². The molecular formula is C4H7NO5S-2. The van der Waals surface area contributed by atoms with E-state index in [1.165, 1.54) is 7.05 Å². The van der Waals surface area contributed by atoms with E-state index in [0.717, 1.165) is 0 Å². The van der Waals surface area contributed by atoms with E-state index in [-0.39, 0.29) is 0 Å². The summed E-state index contributed by atoms with van der Waals surface area (Å²) in [5.41, 5.74) is 0. The van der Waals surface area contributed by atoms with Crippen molar-refractivity contribution in [3.05, 3.63) is 0 Å². The fraction of sp³-hybridized carbons (Fsp3) is 0.750. The molecule has 0 saturated carbocycles. The number of carboxylic acids is 1. The van der Waals surface area contributed by atoms with Gasteiger partial charge in [-0.2, -0.15) is 0 Å². The van der Waals surface area contributed by atoms with Gasteiger partial charge in [0.05, 0.1) is 27.9 Å². The maximum atomic E-state index is 10.0. The van der Waals surface area contributed by atoms with E-state index in [4.69, 9.17) is 0 Å². The maximum Gasteiger partial charge on any atom is 0.0965 e. The third-order valence-corrected chi connectivity index (χ3v) is 1.75. The molecule has 0 fully saturated rings. The molecule has 0 aromatic carbocycles. The van der Waals surface area contributed by atoms with Crippen molar-refractivity contribution in [2.24, 2.45) is 0 Å². The number of carbonyl (C=O) groups is 1. The van der Waals surface area contributed by atoms with Crippen molar-refractivity contribution < 1.29 is 22.9 Å². The zero-order valence-electron chi connectivity index (χ0n) is 5.73. The molecule has 7 heteroatoms. The van der Waals surface area contributed by atoms with E-state index < -0.39 is 27.9 Å². The van der Waals surface area contributed by atoms with Crippen molar-refractivity contribution in [3.63, 3.8) is 0 Å². The lowest BCUT2D eigenvalue weighted by Gasteiger charge is -2.18. The zero-order valence-corrected chi connectivity index (χ0v) is 6.55. The lowest BCUT2D eigenvalue weighted by Crippen LogP contribution is -2.47. The predicted octanol–water partition coefficient (Wildman–Crippen LogP) is -3.13. The van der Waals surface area contributed by atoms with Crippen LogP contribution in [0.5, 0.6) is 0 Å². The number of aliphatic carboxylic acids is 1. The number of hydrogen-bond donors (Lipinski definition) is 1. The third kappa shape index (κ3) is 4.71. The smallest absolute Gasteiger partial charge is 0.0965 e. The van der Waals surface area contributed by atoms with Crippen LogP contribution in [0.4, 0.5) is 0 Å². The fourth-order valence-corrected chi connectivity index (χ4v) is 1.18. The van der Waals surface area contributed by atoms with Crippen molar-refractivity contribution >= 4 is 16.1 Å².